The zero-order valence-electron chi connectivity index (χ0n) is 42.5. The van der Waals surface area contributed by atoms with Crippen LogP contribution >= 0.6 is 0 Å². The molecule has 12 heteroatoms. The van der Waals surface area contributed by atoms with E-state index in [4.69, 9.17) is 39.9 Å². The van der Waals surface area contributed by atoms with E-state index < -0.39 is 5.97 Å². The smallest absolute Gasteiger partial charge is 0.384 e. The zero-order chi connectivity index (χ0) is 51.9. The molecule has 5 aromatic carbocycles. The highest BCUT2D eigenvalue weighted by Crippen LogP contribution is 2.43. The Labute approximate surface area is 435 Å². The summed E-state index contributed by atoms with van der Waals surface area (Å²) in [5.74, 6) is 1.49. The average Bonchev–Trinajstić information content (AvgIpc) is 3.74. The molecule has 0 radical (unpaired) electrons. The summed E-state index contributed by atoms with van der Waals surface area (Å²) in [6.45, 7) is 7.40. The molecular weight excluding hydrogens is 933 g/mol. The highest BCUT2D eigenvalue weighted by atomic mass is 16.5. The number of carbonyl (C=O) groups excluding carboxylic acids is 4. The van der Waals surface area contributed by atoms with Gasteiger partial charge in [-0.15, -0.1) is 6.42 Å². The van der Waals surface area contributed by atoms with Gasteiger partial charge >= 0.3 is 23.9 Å². The number of hydrogen-bond acceptors (Lipinski definition) is 12. The minimum absolute atomic E-state index is 0.0692. The van der Waals surface area contributed by atoms with E-state index in [1.165, 1.54) is 27.8 Å². The Kier molecular flexibility index (Phi) is 20.9. The maximum absolute atomic E-state index is 13.3. The molecule has 74 heavy (non-hydrogen) atoms. The number of nitrogens with one attached hydrogen (secondary N) is 1. The number of terminal acetylenes is 1. The summed E-state index contributed by atoms with van der Waals surface area (Å²) in [5.41, 5.74) is 14.1. The molecule has 7 rings (SSSR count). The van der Waals surface area contributed by atoms with Crippen molar-refractivity contribution in [1.29, 1.82) is 0 Å². The maximum Gasteiger partial charge on any atom is 0.384 e. The molecule has 12 nitrogen and oxygen atoms in total. The number of fused-ring (bicyclic) bond motifs is 3. The summed E-state index contributed by atoms with van der Waals surface area (Å²) in [5, 5.41) is 4.85. The topological polar surface area (TPSA) is 148 Å². The normalized spacial score (nSPS) is 14.8. The minimum atomic E-state index is -0.685. The van der Waals surface area contributed by atoms with Gasteiger partial charge < -0.3 is 28.4 Å². The lowest BCUT2D eigenvalue weighted by molar-refractivity contribution is -0.155. The van der Waals surface area contributed by atoms with Gasteiger partial charge in [-0.1, -0.05) is 91.5 Å². The van der Waals surface area contributed by atoms with Gasteiger partial charge in [-0.05, 0) is 152 Å². The van der Waals surface area contributed by atoms with E-state index >= 15 is 0 Å². The number of benzene rings is 5. The Morgan fingerprint density at radius 1 is 0.595 bits per heavy atom. The van der Waals surface area contributed by atoms with Crippen LogP contribution in [0.2, 0.25) is 0 Å². The summed E-state index contributed by atoms with van der Waals surface area (Å²) < 4.78 is 33.2. The van der Waals surface area contributed by atoms with Crippen LogP contribution in [0.4, 0.5) is 0 Å². The molecule has 1 N–H and O–H groups in total. The van der Waals surface area contributed by atoms with Crippen LogP contribution in [-0.2, 0) is 63.8 Å². The first-order valence-electron chi connectivity index (χ1n) is 26.0. The van der Waals surface area contributed by atoms with Crippen LogP contribution in [0.5, 0.6) is 11.5 Å². The number of esters is 4. The number of unbranched alkanes of at least 4 members (excludes halogenated alkanes) is 3. The van der Waals surface area contributed by atoms with E-state index in [2.05, 4.69) is 90.9 Å². The van der Waals surface area contributed by atoms with Crippen molar-refractivity contribution in [1.82, 2.24) is 5.43 Å². The number of carbonyl (C=O) groups is 4. The molecular formula is C62H68N2O10. The first kappa shape index (κ1) is 54.1. The van der Waals surface area contributed by atoms with Crippen LogP contribution in [-0.4, -0.2) is 69.7 Å². The molecule has 0 heterocycles. The van der Waals surface area contributed by atoms with Gasteiger partial charge in [-0.2, -0.15) is 5.10 Å². The number of nitrogens with zero attached hydrogens (tertiary/aromatic N) is 1. The fraction of sp³-hybridized carbons (Fsp3) is 0.371. The number of hydrazone groups is 1. The predicted octanol–water partition coefficient (Wildman–Crippen LogP) is 10.8. The second-order valence-corrected chi connectivity index (χ2v) is 18.9. The van der Waals surface area contributed by atoms with Gasteiger partial charge in [0.05, 0.1) is 63.7 Å². The fourth-order valence-corrected chi connectivity index (χ4v) is 9.24. The van der Waals surface area contributed by atoms with Crippen molar-refractivity contribution in [2.24, 2.45) is 16.9 Å². The van der Waals surface area contributed by atoms with Crippen LogP contribution in [0, 0.1) is 24.2 Å². The van der Waals surface area contributed by atoms with Gasteiger partial charge in [0.15, 0.2) is 0 Å². The summed E-state index contributed by atoms with van der Waals surface area (Å²) in [7, 11) is 0. The number of hydrogen-bond donors (Lipinski definition) is 1. The first-order valence-corrected chi connectivity index (χ1v) is 26.0. The summed E-state index contributed by atoms with van der Waals surface area (Å²) in [6.07, 6.45) is 16.2. The minimum Gasteiger partial charge on any atom is -0.494 e. The Balaban J connectivity index is 0.859. The summed E-state index contributed by atoms with van der Waals surface area (Å²) in [6, 6.07) is 39.1. The third kappa shape index (κ3) is 16.4. The van der Waals surface area contributed by atoms with E-state index in [1.807, 2.05) is 48.5 Å². The predicted molar refractivity (Wildman–Crippen MR) is 286 cm³/mol. The summed E-state index contributed by atoms with van der Waals surface area (Å²) >= 11 is 0. The largest absolute Gasteiger partial charge is 0.494 e. The van der Waals surface area contributed by atoms with Crippen LogP contribution in [0.25, 0.3) is 11.1 Å². The van der Waals surface area contributed by atoms with Crippen molar-refractivity contribution in [3.8, 4) is 35.0 Å². The van der Waals surface area contributed by atoms with Crippen molar-refractivity contribution in [3.05, 3.63) is 166 Å². The van der Waals surface area contributed by atoms with Crippen molar-refractivity contribution in [2.75, 3.05) is 39.6 Å². The molecule has 0 aliphatic heterocycles. The molecule has 2 aliphatic carbocycles. The third-order valence-electron chi connectivity index (χ3n) is 13.4. The third-order valence-corrected chi connectivity index (χ3v) is 13.4. The molecule has 0 aromatic heterocycles. The SMILES string of the molecule is C#CC(=O)OCCCOc1ccc(CCOC(=O)C2CCC(C(=O)OCCc3ccc(CCc4ccc(OCCCCCCOC(=O)C(=C)C)cc4)c(/C=N/NC4c5ccccc5-c5ccccc54)c3)CC2)cc1. The molecule has 1 saturated carbocycles. The average molecular weight is 1000 g/mol. The molecule has 0 bridgehead atoms. The number of ether oxygens (including phenoxy) is 6. The monoisotopic (exact) mass is 1000 g/mol. The van der Waals surface area contributed by atoms with E-state index in [0.717, 1.165) is 66.5 Å². The summed E-state index contributed by atoms with van der Waals surface area (Å²) in [4.78, 5) is 48.8. The Morgan fingerprint density at radius 2 is 1.11 bits per heavy atom. The Hall–Kier alpha value is -7.65. The van der Waals surface area contributed by atoms with Gasteiger partial charge in [-0.3, -0.25) is 15.0 Å². The number of rotatable bonds is 28. The lowest BCUT2D eigenvalue weighted by Gasteiger charge is -2.26. The molecule has 0 unspecified atom stereocenters. The van der Waals surface area contributed by atoms with Crippen LogP contribution in [0.1, 0.15) is 110 Å². The second kappa shape index (κ2) is 28.6. The first-order chi connectivity index (χ1) is 36.1. The molecule has 0 saturated heterocycles. The highest BCUT2D eigenvalue weighted by Gasteiger charge is 2.32. The fourth-order valence-electron chi connectivity index (χ4n) is 9.24. The maximum atomic E-state index is 13.3. The van der Waals surface area contributed by atoms with Gasteiger partial charge in [0.25, 0.3) is 0 Å². The van der Waals surface area contributed by atoms with Gasteiger partial charge in [0, 0.05) is 30.8 Å². The molecule has 2 aliphatic rings. The van der Waals surface area contributed by atoms with E-state index in [0.29, 0.717) is 76.1 Å². The van der Waals surface area contributed by atoms with E-state index in [-0.39, 0.29) is 55.6 Å². The molecule has 0 atom stereocenters. The van der Waals surface area contributed by atoms with Crippen molar-refractivity contribution in [3.63, 3.8) is 0 Å². The van der Waals surface area contributed by atoms with Gasteiger partial charge in [0.1, 0.15) is 11.5 Å². The van der Waals surface area contributed by atoms with Crippen molar-refractivity contribution in [2.45, 2.75) is 96.4 Å². The lowest BCUT2D eigenvalue weighted by atomic mass is 9.82. The van der Waals surface area contributed by atoms with Crippen molar-refractivity contribution < 1.29 is 47.6 Å². The second-order valence-electron chi connectivity index (χ2n) is 18.9. The molecule has 0 spiro atoms. The van der Waals surface area contributed by atoms with Crippen LogP contribution in [0.3, 0.4) is 0 Å². The Bertz CT molecular complexity index is 2690. The quantitative estimate of drug-likeness (QED) is 0.00746. The van der Waals surface area contributed by atoms with E-state index in [9.17, 15) is 19.2 Å². The van der Waals surface area contributed by atoms with Gasteiger partial charge in [-0.25, -0.2) is 9.59 Å². The number of aryl methyl sites for hydroxylation is 2. The molecule has 1 fully saturated rings. The lowest BCUT2D eigenvalue weighted by Crippen LogP contribution is -2.29. The van der Waals surface area contributed by atoms with E-state index in [1.54, 1.807) is 6.92 Å². The standard InChI is InChI=1S/C62H68N2O10/c1-4-58(65)71-39-13-38-70-53-32-22-46(23-33-53)34-40-73-61(67)49-26-28-50(29-27-49)62(68)74-41-35-47-19-25-48(24-18-45-20-30-52(31-21-45)69-36-11-5-6-12-37-72-60(66)44(2)3)51(42-47)43-63-64-59-56-16-9-7-14-54(56)55-15-8-10-17-57(55)59/h1,7-10,14-17,19-23,25,30-33,42-43,49-50,59,64H,2,5-6,11-13,18,24,26-29,34-41H2,3H3/b63-43+. The zero-order valence-corrected chi connectivity index (χ0v) is 42.5. The van der Waals surface area contributed by atoms with Gasteiger partial charge in [0.2, 0.25) is 0 Å². The Morgan fingerprint density at radius 3 is 1.69 bits per heavy atom. The molecule has 386 valence electrons. The van der Waals surface area contributed by atoms with Crippen molar-refractivity contribution >= 4 is 30.1 Å². The highest BCUT2D eigenvalue weighted by molar-refractivity contribution is 5.88. The molecule has 0 amide bonds. The van der Waals surface area contributed by atoms with Crippen LogP contribution in [0.15, 0.2) is 133 Å². The van der Waals surface area contributed by atoms with Crippen LogP contribution < -0.4 is 14.9 Å². The molecule has 5 aromatic rings.